The molecule has 0 saturated carbocycles. The van der Waals surface area contributed by atoms with Gasteiger partial charge in [0.05, 0.1) is 20.8 Å². The fourth-order valence-corrected chi connectivity index (χ4v) is 2.19. The number of benzene rings is 1. The fourth-order valence-electron chi connectivity index (χ4n) is 1.36. The number of nitro benzene ring substituents is 3. The van der Waals surface area contributed by atoms with Crippen molar-refractivity contribution in [2.75, 3.05) is 5.73 Å². The molecule has 0 radical (unpaired) electrons. The summed E-state index contributed by atoms with van der Waals surface area (Å²) in [5.74, 6) is 0. The van der Waals surface area contributed by atoms with Crippen LogP contribution in [-0.4, -0.2) is 27.7 Å². The molecule has 0 heterocycles. The molecule has 0 aliphatic carbocycles. The molecule has 0 bridgehead atoms. The molecule has 0 unspecified atom stereocenters. The van der Waals surface area contributed by atoms with E-state index in [4.69, 9.17) is 10.3 Å². The van der Waals surface area contributed by atoms with Gasteiger partial charge in [0, 0.05) is 0 Å². The first-order valence-electron chi connectivity index (χ1n) is 4.35. The Labute approximate surface area is 108 Å². The number of nitrogen functional groups attached to an aromatic ring is 1. The third-order valence-electron chi connectivity index (χ3n) is 2.09. The average molecular weight is 308 g/mol. The van der Waals surface area contributed by atoms with E-state index in [0.717, 1.165) is 0 Å². The highest BCUT2D eigenvalue weighted by molar-refractivity contribution is 7.86. The molecule has 108 valence electrons. The van der Waals surface area contributed by atoms with Gasteiger partial charge in [0.2, 0.25) is 0 Å². The number of hydrogen-bond donors (Lipinski definition) is 2. The zero-order chi connectivity index (χ0) is 15.8. The van der Waals surface area contributed by atoms with Crippen LogP contribution in [0.1, 0.15) is 0 Å². The zero-order valence-corrected chi connectivity index (χ0v) is 9.93. The number of nitrogens with zero attached hydrogens (tertiary/aromatic N) is 3. The van der Waals surface area contributed by atoms with Gasteiger partial charge in [-0.1, -0.05) is 0 Å². The molecule has 0 spiro atoms. The van der Waals surface area contributed by atoms with Crippen molar-refractivity contribution in [3.8, 4) is 0 Å². The van der Waals surface area contributed by atoms with Crippen LogP contribution in [0.4, 0.5) is 22.7 Å². The van der Waals surface area contributed by atoms with Crippen molar-refractivity contribution in [3.05, 3.63) is 36.4 Å². The van der Waals surface area contributed by atoms with Crippen molar-refractivity contribution in [2.24, 2.45) is 0 Å². The Morgan fingerprint density at radius 2 is 1.45 bits per heavy atom. The van der Waals surface area contributed by atoms with Gasteiger partial charge in [-0.2, -0.15) is 8.42 Å². The van der Waals surface area contributed by atoms with Crippen LogP contribution in [0.2, 0.25) is 0 Å². The van der Waals surface area contributed by atoms with Crippen LogP contribution in [0.25, 0.3) is 0 Å². The van der Waals surface area contributed by atoms with E-state index >= 15 is 0 Å². The summed E-state index contributed by atoms with van der Waals surface area (Å²) < 4.78 is 30.9. The minimum Gasteiger partial charge on any atom is -0.387 e. The minimum atomic E-state index is -5.41. The standard InChI is InChI=1S/C6H4N4O9S/c7-4-2(8(11)12)1-3(9(13)14)6(20(17,18)19)5(4)10(15)16/h1H,7H2,(H,17,18,19). The van der Waals surface area contributed by atoms with Gasteiger partial charge < -0.3 is 5.73 Å². The molecule has 1 aromatic carbocycles. The van der Waals surface area contributed by atoms with E-state index in [0.29, 0.717) is 0 Å². The van der Waals surface area contributed by atoms with E-state index in [1.807, 2.05) is 0 Å². The quantitative estimate of drug-likeness (QED) is 0.334. The summed E-state index contributed by atoms with van der Waals surface area (Å²) in [6, 6.07) is 0.117. The Morgan fingerprint density at radius 1 is 1.00 bits per heavy atom. The van der Waals surface area contributed by atoms with Gasteiger partial charge in [-0.15, -0.1) is 0 Å². The molecule has 0 aromatic heterocycles. The summed E-state index contributed by atoms with van der Waals surface area (Å²) in [4.78, 5) is 26.1. The lowest BCUT2D eigenvalue weighted by molar-refractivity contribution is -0.406. The fraction of sp³-hybridized carbons (Fsp3) is 0. The number of anilines is 1. The first-order chi connectivity index (χ1) is 8.98. The van der Waals surface area contributed by atoms with Crippen molar-refractivity contribution >= 4 is 32.9 Å². The van der Waals surface area contributed by atoms with Crippen LogP contribution >= 0.6 is 0 Å². The topological polar surface area (TPSA) is 210 Å². The predicted molar refractivity (Wildman–Crippen MR) is 60.6 cm³/mol. The SMILES string of the molecule is Nc1c([N+](=O)[O-])cc([N+](=O)[O-])c(S(=O)(=O)O)c1[N+](=O)[O-]. The molecule has 0 aliphatic heterocycles. The highest BCUT2D eigenvalue weighted by atomic mass is 32.2. The maximum atomic E-state index is 11.0. The summed E-state index contributed by atoms with van der Waals surface area (Å²) in [5, 5.41) is 32.0. The lowest BCUT2D eigenvalue weighted by atomic mass is 10.2. The second-order valence-electron chi connectivity index (χ2n) is 3.25. The van der Waals surface area contributed by atoms with Gasteiger partial charge >= 0.3 is 27.2 Å². The molecule has 1 aromatic rings. The van der Waals surface area contributed by atoms with E-state index in [2.05, 4.69) is 0 Å². The van der Waals surface area contributed by atoms with Gasteiger partial charge in [0.25, 0.3) is 4.90 Å². The van der Waals surface area contributed by atoms with Gasteiger partial charge in [-0.25, -0.2) is 0 Å². The Morgan fingerprint density at radius 3 is 1.75 bits per heavy atom. The zero-order valence-electron chi connectivity index (χ0n) is 9.12. The van der Waals surface area contributed by atoms with Crippen molar-refractivity contribution in [1.29, 1.82) is 0 Å². The molecule has 13 nitrogen and oxygen atoms in total. The Hall–Kier alpha value is -2.87. The second kappa shape index (κ2) is 4.67. The second-order valence-corrected chi connectivity index (χ2v) is 4.61. The van der Waals surface area contributed by atoms with E-state index in [9.17, 15) is 38.8 Å². The average Bonchev–Trinajstić information content (AvgIpc) is 2.25. The van der Waals surface area contributed by atoms with Gasteiger partial charge in [-0.3, -0.25) is 34.9 Å². The number of rotatable bonds is 4. The van der Waals surface area contributed by atoms with Crippen molar-refractivity contribution in [3.63, 3.8) is 0 Å². The molecule has 0 amide bonds. The molecule has 0 atom stereocenters. The molecular formula is C6H4N4O9S. The molecule has 14 heteroatoms. The van der Waals surface area contributed by atoms with Crippen molar-refractivity contribution < 1.29 is 27.7 Å². The first-order valence-corrected chi connectivity index (χ1v) is 5.79. The lowest BCUT2D eigenvalue weighted by Crippen LogP contribution is -2.11. The summed E-state index contributed by atoms with van der Waals surface area (Å²) in [7, 11) is -5.41. The van der Waals surface area contributed by atoms with Crippen LogP contribution in [0.3, 0.4) is 0 Å². The van der Waals surface area contributed by atoms with Crippen LogP contribution in [0, 0.1) is 30.3 Å². The van der Waals surface area contributed by atoms with Gasteiger partial charge in [0.1, 0.15) is 0 Å². The van der Waals surface area contributed by atoms with E-state index in [-0.39, 0.29) is 6.07 Å². The largest absolute Gasteiger partial charge is 0.387 e. The number of hydrogen-bond acceptors (Lipinski definition) is 9. The van der Waals surface area contributed by atoms with Crippen LogP contribution in [-0.2, 0) is 10.1 Å². The third-order valence-corrected chi connectivity index (χ3v) is 3.00. The third kappa shape index (κ3) is 2.45. The normalized spacial score (nSPS) is 11.1. The number of nitrogens with two attached hydrogens (primary N) is 1. The summed E-state index contributed by atoms with van der Waals surface area (Å²) in [6.45, 7) is 0. The van der Waals surface area contributed by atoms with Crippen LogP contribution in [0.15, 0.2) is 11.0 Å². The first kappa shape index (κ1) is 15.2. The highest BCUT2D eigenvalue weighted by Crippen LogP contribution is 2.42. The smallest absolute Gasteiger partial charge is 0.327 e. The van der Waals surface area contributed by atoms with Crippen LogP contribution in [0.5, 0.6) is 0 Å². The number of nitro groups is 3. The molecular weight excluding hydrogens is 304 g/mol. The summed E-state index contributed by atoms with van der Waals surface area (Å²) >= 11 is 0. The molecule has 0 fully saturated rings. The van der Waals surface area contributed by atoms with Crippen LogP contribution < -0.4 is 5.73 Å². The molecule has 0 aliphatic rings. The molecule has 20 heavy (non-hydrogen) atoms. The Kier molecular flexibility index (Phi) is 3.54. The highest BCUT2D eigenvalue weighted by Gasteiger charge is 2.41. The molecule has 1 rings (SSSR count). The van der Waals surface area contributed by atoms with Crippen molar-refractivity contribution in [2.45, 2.75) is 4.90 Å². The molecule has 0 saturated heterocycles. The van der Waals surface area contributed by atoms with Gasteiger partial charge in [0.15, 0.2) is 5.69 Å². The monoisotopic (exact) mass is 308 g/mol. The van der Waals surface area contributed by atoms with Crippen molar-refractivity contribution in [1.82, 2.24) is 0 Å². The maximum absolute atomic E-state index is 11.0. The minimum absolute atomic E-state index is 0.117. The summed E-state index contributed by atoms with van der Waals surface area (Å²) in [6.07, 6.45) is 0. The lowest BCUT2D eigenvalue weighted by Gasteiger charge is -2.04. The Balaban J connectivity index is 4.10. The maximum Gasteiger partial charge on any atom is 0.327 e. The predicted octanol–water partition coefficient (Wildman–Crippen LogP) is 0.240. The van der Waals surface area contributed by atoms with E-state index in [1.165, 1.54) is 0 Å². The van der Waals surface area contributed by atoms with Gasteiger partial charge in [-0.05, 0) is 0 Å². The van der Waals surface area contributed by atoms with E-state index < -0.39 is 52.5 Å². The Bertz CT molecular complexity index is 739. The molecule has 3 N–H and O–H groups in total. The van der Waals surface area contributed by atoms with E-state index in [1.54, 1.807) is 0 Å². The summed E-state index contributed by atoms with van der Waals surface area (Å²) in [5.41, 5.74) is -0.539.